The van der Waals surface area contributed by atoms with Crippen LogP contribution < -0.4 is 0 Å². The average molecular weight is 292 g/mol. The predicted molar refractivity (Wildman–Crippen MR) is 73.4 cm³/mol. The Kier molecular flexibility index (Phi) is 8.52. The summed E-state index contributed by atoms with van der Waals surface area (Å²) in [5.74, 6) is 0. The number of halogens is 1. The Bertz CT molecular complexity index is 160. The maximum absolute atomic E-state index is 5.10. The van der Waals surface area contributed by atoms with E-state index in [0.717, 1.165) is 18.0 Å². The summed E-state index contributed by atoms with van der Waals surface area (Å²) in [7, 11) is 1.79. The monoisotopic (exact) mass is 291 g/mol. The smallest absolute Gasteiger partial charge is 0.0462 e. The Balaban J connectivity index is 2.22. The standard InChI is InChI=1S/C13H26BrNO/c1-16-12-6-5-10-15(11-9-14)13-7-3-2-4-8-13/h13H,2-12H2,1H3. The molecule has 0 bridgehead atoms. The summed E-state index contributed by atoms with van der Waals surface area (Å²) >= 11 is 3.57. The lowest BCUT2D eigenvalue weighted by atomic mass is 9.94. The molecule has 0 radical (unpaired) electrons. The fraction of sp³-hybridized carbons (Fsp3) is 1.00. The van der Waals surface area contributed by atoms with Gasteiger partial charge in [0.05, 0.1) is 0 Å². The first-order valence-electron chi connectivity index (χ1n) is 6.67. The molecule has 1 aliphatic carbocycles. The van der Waals surface area contributed by atoms with Crippen LogP contribution in [0.2, 0.25) is 0 Å². The van der Waals surface area contributed by atoms with E-state index in [4.69, 9.17) is 4.74 Å². The zero-order chi connectivity index (χ0) is 11.6. The molecule has 96 valence electrons. The van der Waals surface area contributed by atoms with E-state index < -0.39 is 0 Å². The molecule has 0 aromatic carbocycles. The van der Waals surface area contributed by atoms with E-state index in [2.05, 4.69) is 20.8 Å². The Morgan fingerprint density at radius 3 is 2.50 bits per heavy atom. The van der Waals surface area contributed by atoms with Crippen molar-refractivity contribution in [3.63, 3.8) is 0 Å². The molecule has 0 atom stereocenters. The summed E-state index contributed by atoms with van der Waals surface area (Å²) in [6.45, 7) is 3.37. The van der Waals surface area contributed by atoms with Crippen LogP contribution in [0.3, 0.4) is 0 Å². The van der Waals surface area contributed by atoms with E-state index in [9.17, 15) is 0 Å². The third-order valence-electron chi connectivity index (χ3n) is 3.51. The molecule has 16 heavy (non-hydrogen) atoms. The van der Waals surface area contributed by atoms with Gasteiger partial charge in [0, 0.05) is 31.6 Å². The first-order valence-corrected chi connectivity index (χ1v) is 7.79. The number of hydrogen-bond acceptors (Lipinski definition) is 2. The van der Waals surface area contributed by atoms with Crippen LogP contribution in [-0.2, 0) is 4.74 Å². The van der Waals surface area contributed by atoms with Crippen LogP contribution in [0.1, 0.15) is 44.9 Å². The largest absolute Gasteiger partial charge is 0.385 e. The minimum absolute atomic E-state index is 0.855. The lowest BCUT2D eigenvalue weighted by Gasteiger charge is -2.34. The number of nitrogens with zero attached hydrogens (tertiary/aromatic N) is 1. The quantitative estimate of drug-likeness (QED) is 0.502. The molecular formula is C13H26BrNO. The third-order valence-corrected chi connectivity index (χ3v) is 3.86. The molecule has 0 aromatic heterocycles. The molecule has 0 amide bonds. The molecule has 1 rings (SSSR count). The Morgan fingerprint density at radius 2 is 1.88 bits per heavy atom. The van der Waals surface area contributed by atoms with Crippen molar-refractivity contribution in [3.8, 4) is 0 Å². The van der Waals surface area contributed by atoms with Gasteiger partial charge in [-0.05, 0) is 32.2 Å². The molecule has 3 heteroatoms. The number of methoxy groups -OCH3 is 1. The summed E-state index contributed by atoms with van der Waals surface area (Å²) < 4.78 is 5.10. The highest BCUT2D eigenvalue weighted by atomic mass is 79.9. The second-order valence-corrected chi connectivity index (χ2v) is 5.51. The van der Waals surface area contributed by atoms with Crippen LogP contribution in [0.25, 0.3) is 0 Å². The summed E-state index contributed by atoms with van der Waals surface area (Å²) in [4.78, 5) is 2.68. The van der Waals surface area contributed by atoms with Crippen LogP contribution in [-0.4, -0.2) is 43.1 Å². The molecule has 1 saturated carbocycles. The molecule has 0 spiro atoms. The fourth-order valence-electron chi connectivity index (χ4n) is 2.59. The highest BCUT2D eigenvalue weighted by molar-refractivity contribution is 9.09. The van der Waals surface area contributed by atoms with Crippen LogP contribution in [0.5, 0.6) is 0 Å². The van der Waals surface area contributed by atoms with Gasteiger partial charge in [0.15, 0.2) is 0 Å². The van der Waals surface area contributed by atoms with Gasteiger partial charge in [0.1, 0.15) is 0 Å². The Hall–Kier alpha value is 0.400. The zero-order valence-corrected chi connectivity index (χ0v) is 12.2. The summed E-state index contributed by atoms with van der Waals surface area (Å²) in [6, 6.07) is 0.855. The normalized spacial score (nSPS) is 18.2. The van der Waals surface area contributed by atoms with Crippen LogP contribution in [0, 0.1) is 0 Å². The van der Waals surface area contributed by atoms with Crippen LogP contribution >= 0.6 is 15.9 Å². The van der Waals surface area contributed by atoms with Gasteiger partial charge in [-0.2, -0.15) is 0 Å². The second kappa shape index (κ2) is 9.43. The number of rotatable bonds is 8. The van der Waals surface area contributed by atoms with Crippen LogP contribution in [0.4, 0.5) is 0 Å². The van der Waals surface area contributed by atoms with E-state index in [1.807, 2.05) is 0 Å². The van der Waals surface area contributed by atoms with Gasteiger partial charge in [-0.15, -0.1) is 0 Å². The van der Waals surface area contributed by atoms with Crippen molar-refractivity contribution in [1.29, 1.82) is 0 Å². The minimum atomic E-state index is 0.855. The molecule has 0 unspecified atom stereocenters. The topological polar surface area (TPSA) is 12.5 Å². The first-order chi connectivity index (χ1) is 7.88. The number of alkyl halides is 1. The van der Waals surface area contributed by atoms with E-state index in [-0.39, 0.29) is 0 Å². The van der Waals surface area contributed by atoms with Gasteiger partial charge >= 0.3 is 0 Å². The lowest BCUT2D eigenvalue weighted by molar-refractivity contribution is 0.149. The van der Waals surface area contributed by atoms with E-state index in [1.165, 1.54) is 58.0 Å². The Labute approximate surface area is 109 Å². The van der Waals surface area contributed by atoms with Gasteiger partial charge in [-0.3, -0.25) is 4.90 Å². The summed E-state index contributed by atoms with van der Waals surface area (Å²) in [6.07, 6.45) is 9.61. The minimum Gasteiger partial charge on any atom is -0.385 e. The Morgan fingerprint density at radius 1 is 1.12 bits per heavy atom. The van der Waals surface area contributed by atoms with Crippen molar-refractivity contribution in [2.45, 2.75) is 51.0 Å². The van der Waals surface area contributed by atoms with Crippen molar-refractivity contribution < 1.29 is 4.74 Å². The van der Waals surface area contributed by atoms with Crippen molar-refractivity contribution in [2.75, 3.05) is 32.1 Å². The molecule has 0 aliphatic heterocycles. The summed E-state index contributed by atoms with van der Waals surface area (Å²) in [5, 5.41) is 1.10. The van der Waals surface area contributed by atoms with E-state index in [0.29, 0.717) is 0 Å². The average Bonchev–Trinajstić information content (AvgIpc) is 2.34. The van der Waals surface area contributed by atoms with Gasteiger partial charge in [0.25, 0.3) is 0 Å². The highest BCUT2D eigenvalue weighted by Gasteiger charge is 2.19. The van der Waals surface area contributed by atoms with Crippen LogP contribution in [0.15, 0.2) is 0 Å². The molecule has 0 aromatic rings. The van der Waals surface area contributed by atoms with Gasteiger partial charge < -0.3 is 4.74 Å². The molecule has 1 aliphatic rings. The zero-order valence-electron chi connectivity index (χ0n) is 10.6. The number of hydrogen-bond donors (Lipinski definition) is 0. The maximum atomic E-state index is 5.10. The van der Waals surface area contributed by atoms with Crippen molar-refractivity contribution in [3.05, 3.63) is 0 Å². The maximum Gasteiger partial charge on any atom is 0.0462 e. The van der Waals surface area contributed by atoms with Crippen molar-refractivity contribution in [1.82, 2.24) is 4.90 Å². The van der Waals surface area contributed by atoms with Gasteiger partial charge in [-0.1, -0.05) is 35.2 Å². The lowest BCUT2D eigenvalue weighted by Crippen LogP contribution is -2.38. The number of ether oxygens (including phenoxy) is 1. The SMILES string of the molecule is COCCCCN(CCBr)C1CCCCC1. The fourth-order valence-corrected chi connectivity index (χ4v) is 3.05. The van der Waals surface area contributed by atoms with Gasteiger partial charge in [-0.25, -0.2) is 0 Å². The van der Waals surface area contributed by atoms with Gasteiger partial charge in [0.2, 0.25) is 0 Å². The van der Waals surface area contributed by atoms with E-state index in [1.54, 1.807) is 7.11 Å². The molecule has 0 heterocycles. The molecule has 0 saturated heterocycles. The van der Waals surface area contributed by atoms with Crippen molar-refractivity contribution in [2.24, 2.45) is 0 Å². The molecule has 0 N–H and O–H groups in total. The van der Waals surface area contributed by atoms with Crippen molar-refractivity contribution >= 4 is 15.9 Å². The first kappa shape index (κ1) is 14.5. The summed E-state index contributed by atoms with van der Waals surface area (Å²) in [5.41, 5.74) is 0. The predicted octanol–water partition coefficient (Wildman–Crippen LogP) is 3.44. The third kappa shape index (κ3) is 5.65. The molecule has 2 nitrogen and oxygen atoms in total. The van der Waals surface area contributed by atoms with E-state index >= 15 is 0 Å². The molecular weight excluding hydrogens is 266 g/mol. The number of unbranched alkanes of at least 4 members (excludes halogenated alkanes) is 1. The highest BCUT2D eigenvalue weighted by Crippen LogP contribution is 2.22. The second-order valence-electron chi connectivity index (χ2n) is 4.72. The molecule has 1 fully saturated rings.